The van der Waals surface area contributed by atoms with Crippen LogP contribution in [0.1, 0.15) is 85.5 Å². The summed E-state index contributed by atoms with van der Waals surface area (Å²) in [4.78, 5) is 11.7. The van der Waals surface area contributed by atoms with Gasteiger partial charge in [-0.25, -0.2) is 0 Å². The van der Waals surface area contributed by atoms with Gasteiger partial charge in [0.15, 0.2) is 0 Å². The molecule has 18 heavy (non-hydrogen) atoms. The molecular formula is C16H33NO. The lowest BCUT2D eigenvalue weighted by Crippen LogP contribution is -2.28. The molecule has 1 atom stereocenters. The van der Waals surface area contributed by atoms with Crippen molar-refractivity contribution in [1.29, 1.82) is 0 Å². The van der Waals surface area contributed by atoms with E-state index in [0.717, 1.165) is 19.3 Å². The van der Waals surface area contributed by atoms with Crippen molar-refractivity contribution >= 4 is 5.78 Å². The molecular weight excluding hydrogens is 222 g/mol. The van der Waals surface area contributed by atoms with Crippen molar-refractivity contribution in [2.45, 2.75) is 91.5 Å². The highest BCUT2D eigenvalue weighted by Crippen LogP contribution is 2.21. The minimum Gasteiger partial charge on any atom is -0.327 e. The van der Waals surface area contributed by atoms with Gasteiger partial charge in [0, 0.05) is 18.9 Å². The minimum atomic E-state index is 0.0394. The summed E-state index contributed by atoms with van der Waals surface area (Å²) in [5.74, 6) is 0.349. The minimum absolute atomic E-state index is 0.0394. The van der Waals surface area contributed by atoms with Gasteiger partial charge in [-0.05, 0) is 18.3 Å². The lowest BCUT2D eigenvalue weighted by atomic mass is 9.86. The maximum absolute atomic E-state index is 11.7. The van der Waals surface area contributed by atoms with Crippen molar-refractivity contribution in [2.24, 2.45) is 11.1 Å². The van der Waals surface area contributed by atoms with Crippen LogP contribution >= 0.6 is 0 Å². The fraction of sp³-hybridized carbons (Fsp3) is 0.938. The zero-order chi connectivity index (χ0) is 14.0. The highest BCUT2D eigenvalue weighted by atomic mass is 16.1. The Morgan fingerprint density at radius 3 is 2.17 bits per heavy atom. The van der Waals surface area contributed by atoms with E-state index in [9.17, 15) is 4.79 Å². The number of ketones is 1. The lowest BCUT2D eigenvalue weighted by molar-refractivity contribution is -0.119. The van der Waals surface area contributed by atoms with Crippen LogP contribution in [0.2, 0.25) is 0 Å². The van der Waals surface area contributed by atoms with E-state index < -0.39 is 0 Å². The average molecular weight is 255 g/mol. The second kappa shape index (κ2) is 9.55. The highest BCUT2D eigenvalue weighted by Gasteiger charge is 2.17. The van der Waals surface area contributed by atoms with Crippen LogP contribution in [0.3, 0.4) is 0 Å². The molecule has 0 fully saturated rings. The van der Waals surface area contributed by atoms with Gasteiger partial charge in [0.2, 0.25) is 0 Å². The molecule has 0 heterocycles. The molecule has 0 aromatic heterocycles. The van der Waals surface area contributed by atoms with Crippen molar-refractivity contribution in [2.75, 3.05) is 0 Å². The zero-order valence-electron chi connectivity index (χ0n) is 12.9. The van der Waals surface area contributed by atoms with E-state index in [1.54, 1.807) is 0 Å². The first-order valence-electron chi connectivity index (χ1n) is 7.62. The molecule has 0 aliphatic heterocycles. The Bertz CT molecular complexity index is 218. The molecule has 0 aromatic rings. The Balaban J connectivity index is 3.53. The van der Waals surface area contributed by atoms with Crippen LogP contribution in [-0.4, -0.2) is 11.8 Å². The quantitative estimate of drug-likeness (QED) is 0.586. The molecule has 0 spiro atoms. The Morgan fingerprint density at radius 1 is 1.06 bits per heavy atom. The normalized spacial score (nSPS) is 13.6. The Hall–Kier alpha value is -0.370. The molecule has 0 radical (unpaired) electrons. The van der Waals surface area contributed by atoms with Crippen molar-refractivity contribution in [1.82, 2.24) is 0 Å². The molecule has 0 rings (SSSR count). The van der Waals surface area contributed by atoms with Crippen LogP contribution in [0, 0.1) is 5.41 Å². The summed E-state index contributed by atoms with van der Waals surface area (Å²) in [6.07, 6.45) is 9.64. The van der Waals surface area contributed by atoms with E-state index in [1.165, 1.54) is 32.1 Å². The van der Waals surface area contributed by atoms with Crippen LogP contribution in [0.25, 0.3) is 0 Å². The van der Waals surface area contributed by atoms with Crippen molar-refractivity contribution in [3.63, 3.8) is 0 Å². The zero-order valence-corrected chi connectivity index (χ0v) is 12.9. The van der Waals surface area contributed by atoms with Gasteiger partial charge in [-0.1, -0.05) is 59.8 Å². The standard InChI is InChI=1S/C16H33NO/c1-5-6-7-8-9-10-11-15(18)12-14(17)13-16(2,3)4/h14H,5-13,17H2,1-4H3. The number of hydrogen-bond acceptors (Lipinski definition) is 2. The molecule has 0 bridgehead atoms. The van der Waals surface area contributed by atoms with Crippen LogP contribution < -0.4 is 5.73 Å². The third kappa shape index (κ3) is 12.1. The summed E-state index contributed by atoms with van der Waals surface area (Å²) < 4.78 is 0. The topological polar surface area (TPSA) is 43.1 Å². The molecule has 2 N–H and O–H groups in total. The first-order valence-corrected chi connectivity index (χ1v) is 7.62. The molecule has 2 heteroatoms. The van der Waals surface area contributed by atoms with Crippen LogP contribution in [0.15, 0.2) is 0 Å². The summed E-state index contributed by atoms with van der Waals surface area (Å²) in [6, 6.07) is 0.0394. The summed E-state index contributed by atoms with van der Waals surface area (Å²) in [6.45, 7) is 8.74. The maximum Gasteiger partial charge on any atom is 0.134 e. The summed E-state index contributed by atoms with van der Waals surface area (Å²) in [7, 11) is 0. The number of Topliss-reactive ketones (excluding diaryl/α,β-unsaturated/α-hetero) is 1. The SMILES string of the molecule is CCCCCCCCC(=O)CC(N)CC(C)(C)C. The van der Waals surface area contributed by atoms with E-state index in [-0.39, 0.29) is 11.5 Å². The monoisotopic (exact) mass is 255 g/mol. The number of carbonyl (C=O) groups is 1. The highest BCUT2D eigenvalue weighted by molar-refractivity contribution is 5.78. The van der Waals surface area contributed by atoms with E-state index in [1.807, 2.05) is 0 Å². The van der Waals surface area contributed by atoms with Gasteiger partial charge in [-0.2, -0.15) is 0 Å². The Labute approximate surface area is 114 Å². The first kappa shape index (κ1) is 17.6. The molecule has 0 amide bonds. The predicted octanol–water partition coefficient (Wildman–Crippen LogP) is 4.46. The Kier molecular flexibility index (Phi) is 9.35. The van der Waals surface area contributed by atoms with Gasteiger partial charge < -0.3 is 5.73 Å². The molecule has 0 aliphatic rings. The van der Waals surface area contributed by atoms with Crippen LogP contribution in [0.4, 0.5) is 0 Å². The molecule has 2 nitrogen and oxygen atoms in total. The first-order chi connectivity index (χ1) is 8.35. The summed E-state index contributed by atoms with van der Waals surface area (Å²) in [5, 5.41) is 0. The fourth-order valence-electron chi connectivity index (χ4n) is 2.36. The van der Waals surface area contributed by atoms with Crippen molar-refractivity contribution in [3.05, 3.63) is 0 Å². The van der Waals surface area contributed by atoms with E-state index in [2.05, 4.69) is 27.7 Å². The van der Waals surface area contributed by atoms with Crippen molar-refractivity contribution < 1.29 is 4.79 Å². The van der Waals surface area contributed by atoms with Gasteiger partial charge in [0.05, 0.1) is 0 Å². The molecule has 108 valence electrons. The summed E-state index contributed by atoms with van der Waals surface area (Å²) in [5.41, 5.74) is 6.23. The number of nitrogens with two attached hydrogens (primary N) is 1. The molecule has 1 unspecified atom stereocenters. The lowest BCUT2D eigenvalue weighted by Gasteiger charge is -2.22. The largest absolute Gasteiger partial charge is 0.327 e. The smallest absolute Gasteiger partial charge is 0.134 e. The van der Waals surface area contributed by atoms with Crippen LogP contribution in [-0.2, 0) is 4.79 Å². The van der Waals surface area contributed by atoms with Gasteiger partial charge in [-0.15, -0.1) is 0 Å². The molecule has 0 saturated carbocycles. The maximum atomic E-state index is 11.7. The van der Waals surface area contributed by atoms with E-state index >= 15 is 0 Å². The van der Waals surface area contributed by atoms with E-state index in [0.29, 0.717) is 12.2 Å². The second-order valence-corrected chi connectivity index (χ2v) is 6.79. The van der Waals surface area contributed by atoms with Crippen molar-refractivity contribution in [3.8, 4) is 0 Å². The molecule has 0 aliphatic carbocycles. The number of carbonyl (C=O) groups excluding carboxylic acids is 1. The number of unbranched alkanes of at least 4 members (excludes halogenated alkanes) is 5. The van der Waals surface area contributed by atoms with Gasteiger partial charge >= 0.3 is 0 Å². The van der Waals surface area contributed by atoms with E-state index in [4.69, 9.17) is 5.73 Å². The molecule has 0 saturated heterocycles. The summed E-state index contributed by atoms with van der Waals surface area (Å²) >= 11 is 0. The third-order valence-corrected chi connectivity index (χ3v) is 3.17. The van der Waals surface area contributed by atoms with Gasteiger partial charge in [-0.3, -0.25) is 4.79 Å². The predicted molar refractivity (Wildman–Crippen MR) is 79.7 cm³/mol. The average Bonchev–Trinajstić information content (AvgIpc) is 2.20. The number of hydrogen-bond donors (Lipinski definition) is 1. The second-order valence-electron chi connectivity index (χ2n) is 6.79. The third-order valence-electron chi connectivity index (χ3n) is 3.17. The fourth-order valence-corrected chi connectivity index (χ4v) is 2.36. The molecule has 0 aromatic carbocycles. The number of rotatable bonds is 10. The Morgan fingerprint density at radius 2 is 1.61 bits per heavy atom. The van der Waals surface area contributed by atoms with Crippen LogP contribution in [0.5, 0.6) is 0 Å². The van der Waals surface area contributed by atoms with Gasteiger partial charge in [0.1, 0.15) is 5.78 Å². The van der Waals surface area contributed by atoms with Gasteiger partial charge in [0.25, 0.3) is 0 Å².